The number of nitrogens with one attached hydrogen (secondary N) is 1. The van der Waals surface area contributed by atoms with Gasteiger partial charge in [-0.1, -0.05) is 0 Å². The lowest BCUT2D eigenvalue weighted by Crippen LogP contribution is -2.37. The lowest BCUT2D eigenvalue weighted by molar-refractivity contribution is 0.0636. The van der Waals surface area contributed by atoms with Crippen LogP contribution < -0.4 is 16.0 Å². The third kappa shape index (κ3) is 4.52. The number of amides is 1. The van der Waals surface area contributed by atoms with Crippen LogP contribution in [0.25, 0.3) is 32.2 Å². The molecule has 2 aliphatic rings. The second-order valence-electron chi connectivity index (χ2n) is 11.2. The van der Waals surface area contributed by atoms with Crippen LogP contribution in [0.15, 0.2) is 12.4 Å². The molecule has 3 N–H and O–H groups in total. The van der Waals surface area contributed by atoms with E-state index in [0.29, 0.717) is 29.0 Å². The molecule has 0 unspecified atom stereocenters. The van der Waals surface area contributed by atoms with E-state index in [0.717, 1.165) is 24.0 Å². The molecule has 212 valence electrons. The third-order valence-corrected chi connectivity index (χ3v) is 8.50. The topological polar surface area (TPSA) is 139 Å². The SMILES string of the molecule is C[C@@H]1[C@H](N)CCN1c1ncc2c3c(c(-c4ncc(F)c5sc(NC(=O)OC(C)(C)C)c(C#N)c45)c(F)c2n1)COC3. The maximum Gasteiger partial charge on any atom is 0.412 e. The summed E-state index contributed by atoms with van der Waals surface area (Å²) in [6, 6.07) is 1.97. The van der Waals surface area contributed by atoms with Gasteiger partial charge in [-0.2, -0.15) is 5.26 Å². The Bertz CT molecular complexity index is 1780. The van der Waals surface area contributed by atoms with Gasteiger partial charge in [-0.15, -0.1) is 11.3 Å². The number of nitriles is 1. The number of thiophene rings is 1. The van der Waals surface area contributed by atoms with Crippen molar-refractivity contribution < 1.29 is 23.0 Å². The number of hydrogen-bond acceptors (Lipinski definition) is 10. The van der Waals surface area contributed by atoms with E-state index in [4.69, 9.17) is 15.2 Å². The van der Waals surface area contributed by atoms with Crippen molar-refractivity contribution in [1.29, 1.82) is 5.26 Å². The minimum atomic E-state index is -0.804. The van der Waals surface area contributed by atoms with Crippen LogP contribution in [-0.4, -0.2) is 45.3 Å². The third-order valence-electron chi connectivity index (χ3n) is 7.39. The van der Waals surface area contributed by atoms with Gasteiger partial charge in [0.1, 0.15) is 22.2 Å². The fourth-order valence-corrected chi connectivity index (χ4v) is 6.43. The first-order chi connectivity index (χ1) is 19.5. The van der Waals surface area contributed by atoms with Crippen LogP contribution >= 0.6 is 11.3 Å². The number of ether oxygens (including phenoxy) is 2. The van der Waals surface area contributed by atoms with E-state index in [1.165, 1.54) is 0 Å². The minimum absolute atomic E-state index is 0.0222. The Morgan fingerprint density at radius 1 is 1.27 bits per heavy atom. The van der Waals surface area contributed by atoms with Gasteiger partial charge in [-0.05, 0) is 45.2 Å². The number of aromatic nitrogens is 3. The molecule has 1 aromatic carbocycles. The van der Waals surface area contributed by atoms with Crippen LogP contribution in [0.3, 0.4) is 0 Å². The van der Waals surface area contributed by atoms with Gasteiger partial charge in [0, 0.05) is 41.2 Å². The molecule has 0 radical (unpaired) electrons. The first kappa shape index (κ1) is 27.2. The Morgan fingerprint density at radius 3 is 2.71 bits per heavy atom. The van der Waals surface area contributed by atoms with E-state index in [-0.39, 0.29) is 62.7 Å². The monoisotopic (exact) mass is 579 g/mol. The van der Waals surface area contributed by atoms with Gasteiger partial charge in [0.2, 0.25) is 5.95 Å². The van der Waals surface area contributed by atoms with Crippen LogP contribution in [0, 0.1) is 23.0 Å². The molecule has 1 amide bonds. The number of hydrogen-bond donors (Lipinski definition) is 2. The lowest BCUT2D eigenvalue weighted by atomic mass is 9.94. The zero-order chi connectivity index (χ0) is 29.2. The highest BCUT2D eigenvalue weighted by Gasteiger charge is 2.33. The van der Waals surface area contributed by atoms with Crippen LogP contribution in [0.1, 0.15) is 50.8 Å². The number of carbonyl (C=O) groups excluding carboxylic acids is 1. The smallest absolute Gasteiger partial charge is 0.412 e. The average molecular weight is 580 g/mol. The molecule has 0 aliphatic carbocycles. The van der Waals surface area contributed by atoms with Crippen molar-refractivity contribution in [2.45, 2.75) is 65.0 Å². The number of rotatable bonds is 3. The molecule has 0 bridgehead atoms. The first-order valence-electron chi connectivity index (χ1n) is 13.1. The number of nitrogens with zero attached hydrogens (tertiary/aromatic N) is 5. The molecule has 1 saturated heterocycles. The number of anilines is 2. The lowest BCUT2D eigenvalue weighted by Gasteiger charge is -2.23. The predicted molar refractivity (Wildman–Crippen MR) is 151 cm³/mol. The summed E-state index contributed by atoms with van der Waals surface area (Å²) in [5.74, 6) is -1.03. The molecule has 0 saturated carbocycles. The zero-order valence-corrected chi connectivity index (χ0v) is 23.7. The Morgan fingerprint density at radius 2 is 2.02 bits per heavy atom. The number of halogens is 2. The summed E-state index contributed by atoms with van der Waals surface area (Å²) in [5.41, 5.74) is 6.78. The van der Waals surface area contributed by atoms with E-state index in [1.54, 1.807) is 27.0 Å². The predicted octanol–water partition coefficient (Wildman–Crippen LogP) is 5.36. The van der Waals surface area contributed by atoms with Gasteiger partial charge in [-0.3, -0.25) is 10.3 Å². The van der Waals surface area contributed by atoms with E-state index in [2.05, 4.69) is 20.3 Å². The van der Waals surface area contributed by atoms with Crippen molar-refractivity contribution in [3.8, 4) is 17.3 Å². The normalized spacial score (nSPS) is 18.6. The average Bonchev–Trinajstić information content (AvgIpc) is 3.62. The fourth-order valence-electron chi connectivity index (χ4n) is 5.39. The summed E-state index contributed by atoms with van der Waals surface area (Å²) in [5, 5.41) is 13.3. The highest BCUT2D eigenvalue weighted by molar-refractivity contribution is 7.23. The first-order valence-corrected chi connectivity index (χ1v) is 13.9. The van der Waals surface area contributed by atoms with Crippen molar-refractivity contribution in [3.63, 3.8) is 0 Å². The van der Waals surface area contributed by atoms with Gasteiger partial charge < -0.3 is 20.1 Å². The Labute approximate surface area is 238 Å². The highest BCUT2D eigenvalue weighted by Crippen LogP contribution is 2.46. The van der Waals surface area contributed by atoms with Gasteiger partial charge in [-0.25, -0.2) is 23.5 Å². The summed E-state index contributed by atoms with van der Waals surface area (Å²) < 4.78 is 42.8. The Balaban J connectivity index is 1.56. The molecular weight excluding hydrogens is 552 g/mol. The molecule has 41 heavy (non-hydrogen) atoms. The van der Waals surface area contributed by atoms with E-state index in [9.17, 15) is 10.1 Å². The number of fused-ring (bicyclic) bond motifs is 4. The van der Waals surface area contributed by atoms with Gasteiger partial charge in [0.15, 0.2) is 11.6 Å². The Hall–Kier alpha value is -3.99. The molecule has 2 aliphatic heterocycles. The van der Waals surface area contributed by atoms with Crippen molar-refractivity contribution in [2.75, 3.05) is 16.8 Å². The largest absolute Gasteiger partial charge is 0.444 e. The van der Waals surface area contributed by atoms with Crippen LogP contribution in [0.5, 0.6) is 0 Å². The number of nitrogens with two attached hydrogens (primary N) is 1. The highest BCUT2D eigenvalue weighted by atomic mass is 32.1. The van der Waals surface area contributed by atoms with Crippen molar-refractivity contribution in [1.82, 2.24) is 15.0 Å². The minimum Gasteiger partial charge on any atom is -0.444 e. The number of pyridine rings is 1. The zero-order valence-electron chi connectivity index (χ0n) is 22.8. The van der Waals surface area contributed by atoms with E-state index >= 15 is 8.78 Å². The molecular formula is C28H27F2N7O3S. The molecule has 0 spiro atoms. The molecule has 3 aromatic heterocycles. The summed E-state index contributed by atoms with van der Waals surface area (Å²) in [7, 11) is 0. The maximum atomic E-state index is 16.6. The van der Waals surface area contributed by atoms with E-state index in [1.807, 2.05) is 17.9 Å². The molecule has 6 rings (SSSR count). The van der Waals surface area contributed by atoms with Gasteiger partial charge >= 0.3 is 6.09 Å². The van der Waals surface area contributed by atoms with Gasteiger partial charge in [0.25, 0.3) is 0 Å². The van der Waals surface area contributed by atoms with Crippen LogP contribution in [0.4, 0.5) is 24.5 Å². The second-order valence-corrected chi connectivity index (χ2v) is 12.2. The van der Waals surface area contributed by atoms with Gasteiger partial charge in [0.05, 0.1) is 35.4 Å². The van der Waals surface area contributed by atoms with E-state index < -0.39 is 23.3 Å². The van der Waals surface area contributed by atoms with Crippen molar-refractivity contribution >= 4 is 49.4 Å². The molecule has 1 fully saturated rings. The summed E-state index contributed by atoms with van der Waals surface area (Å²) in [6.45, 7) is 8.01. The standard InChI is InChI=1S/C28H27F2N7O3S/c1-12-18(32)5-6-37(12)26-34-8-14-15-10-39-11-16(15)19(21(30)22(14)35-26)23-20-13(7-31)25(36-27(38)40-28(2,3)4)41-24(20)17(29)9-33-23/h8-9,12,18H,5-6,10-11,32H2,1-4H3,(H,36,38)/t12-,18-/m1/s1. The van der Waals surface area contributed by atoms with Crippen LogP contribution in [0.2, 0.25) is 0 Å². The van der Waals surface area contributed by atoms with Crippen molar-refractivity contribution in [2.24, 2.45) is 5.73 Å². The molecule has 5 heterocycles. The molecule has 10 nitrogen and oxygen atoms in total. The fraction of sp³-hybridized carbons (Fsp3) is 0.393. The molecule has 2 atom stereocenters. The summed E-state index contributed by atoms with van der Waals surface area (Å²) >= 11 is 0.853. The summed E-state index contributed by atoms with van der Waals surface area (Å²) in [4.78, 5) is 27.9. The molecule has 4 aromatic rings. The second kappa shape index (κ2) is 9.83. The quantitative estimate of drug-likeness (QED) is 0.328. The number of benzene rings is 1. The number of carbonyl (C=O) groups is 1. The van der Waals surface area contributed by atoms with Crippen molar-refractivity contribution in [3.05, 3.63) is 40.7 Å². The Kier molecular flexibility index (Phi) is 6.52. The summed E-state index contributed by atoms with van der Waals surface area (Å²) in [6.07, 6.45) is 2.54. The maximum absolute atomic E-state index is 16.6. The van der Waals surface area contributed by atoms with Crippen LogP contribution in [-0.2, 0) is 22.7 Å². The molecule has 13 heteroatoms.